The van der Waals surface area contributed by atoms with Crippen LogP contribution in [0.3, 0.4) is 0 Å². The Morgan fingerprint density at radius 2 is 2.27 bits per heavy atom. The van der Waals surface area contributed by atoms with Gasteiger partial charge in [0.25, 0.3) is 0 Å². The predicted molar refractivity (Wildman–Crippen MR) is 84.7 cm³/mol. The van der Waals surface area contributed by atoms with Crippen molar-refractivity contribution in [3.8, 4) is 11.3 Å². The molecule has 0 saturated heterocycles. The molecule has 0 saturated carbocycles. The molecule has 22 heavy (non-hydrogen) atoms. The van der Waals surface area contributed by atoms with Crippen molar-refractivity contribution >= 4 is 22.9 Å². The molecule has 3 rings (SSSR count). The number of thiazole rings is 1. The summed E-state index contributed by atoms with van der Waals surface area (Å²) in [4.78, 5) is 15.9. The smallest absolute Gasteiger partial charge is 0.224 e. The summed E-state index contributed by atoms with van der Waals surface area (Å²) in [5, 5.41) is 5.58. The lowest BCUT2D eigenvalue weighted by atomic mass is 9.99. The average Bonchev–Trinajstić information content (AvgIpc) is 2.95. The Hall–Kier alpha value is -1.79. The molecule has 0 spiro atoms. The number of aryl methyl sites for hydroxylation is 2. The van der Waals surface area contributed by atoms with Gasteiger partial charge < -0.3 is 10.1 Å². The number of carbonyl (C=O) groups is 1. The number of fused-ring (bicyclic) bond motifs is 1. The van der Waals surface area contributed by atoms with Crippen LogP contribution < -0.4 is 5.32 Å². The summed E-state index contributed by atoms with van der Waals surface area (Å²) in [6.45, 7) is 0.696. The van der Waals surface area contributed by atoms with Gasteiger partial charge in [-0.05, 0) is 30.5 Å². The van der Waals surface area contributed by atoms with Crippen LogP contribution in [0.5, 0.6) is 0 Å². The van der Waals surface area contributed by atoms with Crippen molar-refractivity contribution in [2.75, 3.05) is 19.0 Å². The van der Waals surface area contributed by atoms with E-state index in [0.717, 1.165) is 23.4 Å². The average molecular weight is 320 g/mol. The second-order valence-electron chi connectivity index (χ2n) is 5.26. The van der Waals surface area contributed by atoms with E-state index < -0.39 is 0 Å². The summed E-state index contributed by atoms with van der Waals surface area (Å²) in [5.41, 5.74) is 2.71. The molecule has 2 aromatic rings. The molecule has 1 aromatic carbocycles. The molecule has 0 unspecified atom stereocenters. The van der Waals surface area contributed by atoms with E-state index in [-0.39, 0.29) is 11.7 Å². The molecule has 0 bridgehead atoms. The minimum absolute atomic E-state index is 0.0614. The molecular weight excluding hydrogens is 303 g/mol. The lowest BCUT2D eigenvalue weighted by Crippen LogP contribution is -2.19. The molecule has 1 N–H and O–H groups in total. The fourth-order valence-corrected chi connectivity index (χ4v) is 3.36. The Labute approximate surface area is 132 Å². The largest absolute Gasteiger partial charge is 0.385 e. The molecule has 1 aromatic heterocycles. The second-order valence-corrected chi connectivity index (χ2v) is 6.20. The minimum Gasteiger partial charge on any atom is -0.385 e. The molecule has 2 heterocycles. The van der Waals surface area contributed by atoms with Gasteiger partial charge in [-0.25, -0.2) is 9.37 Å². The number of ether oxygens (including phenoxy) is 1. The van der Waals surface area contributed by atoms with E-state index in [1.165, 1.54) is 17.4 Å². The van der Waals surface area contributed by atoms with Crippen LogP contribution >= 0.6 is 11.3 Å². The molecule has 116 valence electrons. The van der Waals surface area contributed by atoms with Gasteiger partial charge in [-0.1, -0.05) is 0 Å². The van der Waals surface area contributed by atoms with Gasteiger partial charge in [0.1, 0.15) is 5.82 Å². The third kappa shape index (κ3) is 3.18. The van der Waals surface area contributed by atoms with Crippen molar-refractivity contribution in [1.29, 1.82) is 0 Å². The standard InChI is InChI=1S/C16H17FN2O2S/c1-21-6-2-3-16-19-14(9-22-16)11-7-10-4-5-15(20)18-13(10)8-12(11)17/h7-9H,2-6H2,1H3,(H,18,20). The monoisotopic (exact) mass is 320 g/mol. The van der Waals surface area contributed by atoms with Crippen LogP contribution in [-0.2, 0) is 22.4 Å². The van der Waals surface area contributed by atoms with Gasteiger partial charge in [0.05, 0.1) is 10.7 Å². The number of nitrogens with one attached hydrogen (secondary N) is 1. The summed E-state index contributed by atoms with van der Waals surface area (Å²) < 4.78 is 19.3. The number of rotatable bonds is 5. The number of aromatic nitrogens is 1. The van der Waals surface area contributed by atoms with Crippen molar-refractivity contribution in [3.05, 3.63) is 33.9 Å². The highest BCUT2D eigenvalue weighted by Crippen LogP contribution is 2.32. The Morgan fingerprint density at radius 3 is 3.09 bits per heavy atom. The topological polar surface area (TPSA) is 51.2 Å². The quantitative estimate of drug-likeness (QED) is 0.859. The number of methoxy groups -OCH3 is 1. The highest BCUT2D eigenvalue weighted by Gasteiger charge is 2.19. The van der Waals surface area contributed by atoms with Crippen LogP contribution in [0.1, 0.15) is 23.4 Å². The first-order chi connectivity index (χ1) is 10.7. The summed E-state index contributed by atoms with van der Waals surface area (Å²) >= 11 is 1.54. The van der Waals surface area contributed by atoms with Gasteiger partial charge >= 0.3 is 0 Å². The molecular formula is C16H17FN2O2S. The van der Waals surface area contributed by atoms with E-state index in [2.05, 4.69) is 10.3 Å². The first-order valence-electron chi connectivity index (χ1n) is 7.23. The Balaban J connectivity index is 1.84. The number of nitrogens with zero attached hydrogens (tertiary/aromatic N) is 1. The minimum atomic E-state index is -0.352. The number of benzene rings is 1. The molecule has 4 nitrogen and oxygen atoms in total. The second kappa shape index (κ2) is 6.54. The lowest BCUT2D eigenvalue weighted by Gasteiger charge is -2.17. The SMILES string of the molecule is COCCCc1nc(-c2cc3c(cc2F)NC(=O)CC3)cs1. The van der Waals surface area contributed by atoms with E-state index in [1.807, 2.05) is 5.38 Å². The fraction of sp³-hybridized carbons (Fsp3) is 0.375. The summed E-state index contributed by atoms with van der Waals surface area (Å²) in [6, 6.07) is 3.20. The molecule has 0 radical (unpaired) electrons. The van der Waals surface area contributed by atoms with Gasteiger partial charge in [-0.2, -0.15) is 0 Å². The zero-order chi connectivity index (χ0) is 15.5. The van der Waals surface area contributed by atoms with E-state index >= 15 is 0 Å². The van der Waals surface area contributed by atoms with E-state index in [4.69, 9.17) is 4.74 Å². The molecule has 6 heteroatoms. The normalized spacial score (nSPS) is 13.8. The third-order valence-electron chi connectivity index (χ3n) is 3.66. The molecule has 1 amide bonds. The number of carbonyl (C=O) groups excluding carboxylic acids is 1. The highest BCUT2D eigenvalue weighted by atomic mass is 32.1. The fourth-order valence-electron chi connectivity index (χ4n) is 2.52. The van der Waals surface area contributed by atoms with Crippen LogP contribution in [-0.4, -0.2) is 24.6 Å². The molecule has 1 aliphatic rings. The van der Waals surface area contributed by atoms with Crippen molar-refractivity contribution in [1.82, 2.24) is 4.98 Å². The van der Waals surface area contributed by atoms with E-state index in [0.29, 0.717) is 36.4 Å². The Morgan fingerprint density at radius 1 is 1.41 bits per heavy atom. The first-order valence-corrected chi connectivity index (χ1v) is 8.11. The van der Waals surface area contributed by atoms with E-state index in [9.17, 15) is 9.18 Å². The number of amides is 1. The predicted octanol–water partition coefficient (Wildman–Crippen LogP) is 3.41. The highest BCUT2D eigenvalue weighted by molar-refractivity contribution is 7.09. The molecule has 0 fully saturated rings. The number of halogens is 1. The first kappa shape index (κ1) is 15.1. The van der Waals surface area contributed by atoms with Crippen molar-refractivity contribution in [2.45, 2.75) is 25.7 Å². The van der Waals surface area contributed by atoms with Crippen molar-refractivity contribution < 1.29 is 13.9 Å². The summed E-state index contributed by atoms with van der Waals surface area (Å²) in [5.74, 6) is -0.413. The zero-order valence-corrected chi connectivity index (χ0v) is 13.1. The Bertz CT molecular complexity index is 699. The summed E-state index contributed by atoms with van der Waals surface area (Å²) in [7, 11) is 1.68. The van der Waals surface area contributed by atoms with Gasteiger partial charge in [-0.3, -0.25) is 4.79 Å². The lowest BCUT2D eigenvalue weighted by molar-refractivity contribution is -0.116. The van der Waals surface area contributed by atoms with Gasteiger partial charge in [-0.15, -0.1) is 11.3 Å². The summed E-state index contributed by atoms with van der Waals surface area (Å²) in [6.07, 6.45) is 2.82. The maximum absolute atomic E-state index is 14.3. The molecule has 1 aliphatic heterocycles. The molecule has 0 atom stereocenters. The van der Waals surface area contributed by atoms with Gasteiger partial charge in [0.2, 0.25) is 5.91 Å². The van der Waals surface area contributed by atoms with Gasteiger partial charge in [0.15, 0.2) is 0 Å². The Kier molecular flexibility index (Phi) is 4.49. The van der Waals surface area contributed by atoms with E-state index in [1.54, 1.807) is 13.2 Å². The number of anilines is 1. The van der Waals surface area contributed by atoms with Crippen molar-refractivity contribution in [3.63, 3.8) is 0 Å². The van der Waals surface area contributed by atoms with Crippen LogP contribution in [0.4, 0.5) is 10.1 Å². The molecule has 0 aliphatic carbocycles. The maximum Gasteiger partial charge on any atom is 0.224 e. The van der Waals surface area contributed by atoms with Crippen molar-refractivity contribution in [2.24, 2.45) is 0 Å². The number of hydrogen-bond donors (Lipinski definition) is 1. The van der Waals surface area contributed by atoms with Crippen LogP contribution in [0, 0.1) is 5.82 Å². The van der Waals surface area contributed by atoms with Crippen LogP contribution in [0.2, 0.25) is 0 Å². The van der Waals surface area contributed by atoms with Gasteiger partial charge in [0, 0.05) is 43.2 Å². The third-order valence-corrected chi connectivity index (χ3v) is 4.56. The number of hydrogen-bond acceptors (Lipinski definition) is 4. The van der Waals surface area contributed by atoms with Crippen LogP contribution in [0.15, 0.2) is 17.5 Å². The van der Waals surface area contributed by atoms with Crippen LogP contribution in [0.25, 0.3) is 11.3 Å². The maximum atomic E-state index is 14.3. The zero-order valence-electron chi connectivity index (χ0n) is 12.3.